The number of nitrogens with one attached hydrogen (secondary N) is 1. The highest BCUT2D eigenvalue weighted by Gasteiger charge is 2.26. The first kappa shape index (κ1) is 26.3. The molecule has 0 unspecified atom stereocenters. The number of ether oxygens (including phenoxy) is 2. The minimum Gasteiger partial charge on any atom is -0.451 e. The normalized spacial score (nSPS) is 11.0. The second kappa shape index (κ2) is 11.4. The lowest BCUT2D eigenvalue weighted by Gasteiger charge is -2.24. The molecule has 0 atom stereocenters. The van der Waals surface area contributed by atoms with Gasteiger partial charge >= 0.3 is 11.7 Å². The SMILES string of the molecule is COCCN(C(=O)COC(=O)c1nn(-c2ccccc2)nc1C)c1c(N)n(CC(C)C)c(=O)[nH]c1=O. The minimum absolute atomic E-state index is 0.0420. The van der Waals surface area contributed by atoms with Gasteiger partial charge in [-0.25, -0.2) is 9.59 Å². The van der Waals surface area contributed by atoms with Gasteiger partial charge in [0.15, 0.2) is 18.0 Å². The van der Waals surface area contributed by atoms with Gasteiger partial charge in [-0.1, -0.05) is 32.0 Å². The van der Waals surface area contributed by atoms with Gasteiger partial charge in [0.05, 0.1) is 18.0 Å². The Morgan fingerprint density at radius 3 is 2.50 bits per heavy atom. The highest BCUT2D eigenvalue weighted by atomic mass is 16.5. The average molecular weight is 500 g/mol. The molecule has 36 heavy (non-hydrogen) atoms. The molecule has 0 spiro atoms. The first-order valence-electron chi connectivity index (χ1n) is 11.2. The number of carbonyl (C=O) groups is 2. The molecule has 0 aliphatic rings. The summed E-state index contributed by atoms with van der Waals surface area (Å²) in [6.45, 7) is 4.86. The van der Waals surface area contributed by atoms with Crippen LogP contribution in [0.4, 0.5) is 11.5 Å². The minimum atomic E-state index is -0.860. The topological polar surface area (TPSA) is 167 Å². The van der Waals surface area contributed by atoms with Crippen molar-refractivity contribution in [2.45, 2.75) is 27.3 Å². The molecule has 1 amide bonds. The highest BCUT2D eigenvalue weighted by molar-refractivity contribution is 5.98. The van der Waals surface area contributed by atoms with Gasteiger partial charge in [0.1, 0.15) is 5.82 Å². The Hall–Kier alpha value is -4.26. The number of H-pyrrole nitrogens is 1. The van der Waals surface area contributed by atoms with Crippen LogP contribution in [0.2, 0.25) is 0 Å². The maximum Gasteiger partial charge on any atom is 0.361 e. The zero-order chi connectivity index (χ0) is 26.4. The number of methoxy groups -OCH3 is 1. The Bertz CT molecular complexity index is 1340. The first-order valence-corrected chi connectivity index (χ1v) is 11.2. The third kappa shape index (κ3) is 5.86. The number of nitrogens with two attached hydrogens (primary N) is 1. The van der Waals surface area contributed by atoms with Crippen LogP contribution in [-0.4, -0.2) is 63.3 Å². The molecule has 0 saturated heterocycles. The first-order chi connectivity index (χ1) is 17.1. The van der Waals surface area contributed by atoms with Gasteiger partial charge in [0.2, 0.25) is 0 Å². The summed E-state index contributed by atoms with van der Waals surface area (Å²) >= 11 is 0. The number of aryl methyl sites for hydroxylation is 1. The van der Waals surface area contributed by atoms with Crippen molar-refractivity contribution in [3.63, 3.8) is 0 Å². The predicted molar refractivity (Wildman–Crippen MR) is 131 cm³/mol. The highest BCUT2D eigenvalue weighted by Crippen LogP contribution is 2.18. The number of carbonyl (C=O) groups excluding carboxylic acids is 2. The van der Waals surface area contributed by atoms with Gasteiger partial charge in [-0.2, -0.15) is 9.90 Å². The smallest absolute Gasteiger partial charge is 0.361 e. The molecule has 3 N–H and O–H groups in total. The molecule has 192 valence electrons. The van der Waals surface area contributed by atoms with Crippen LogP contribution in [0.3, 0.4) is 0 Å². The second-order valence-electron chi connectivity index (χ2n) is 8.37. The van der Waals surface area contributed by atoms with Crippen LogP contribution in [0.25, 0.3) is 5.69 Å². The van der Waals surface area contributed by atoms with Crippen LogP contribution in [0.5, 0.6) is 0 Å². The van der Waals surface area contributed by atoms with Crippen LogP contribution in [0.15, 0.2) is 39.9 Å². The van der Waals surface area contributed by atoms with E-state index < -0.39 is 29.7 Å². The molecular weight excluding hydrogens is 470 g/mol. The van der Waals surface area contributed by atoms with E-state index in [-0.39, 0.29) is 42.8 Å². The fraction of sp³-hybridized carbons (Fsp3) is 0.391. The summed E-state index contributed by atoms with van der Waals surface area (Å²) < 4.78 is 11.4. The molecule has 2 aromatic heterocycles. The quantitative estimate of drug-likeness (QED) is 0.377. The molecule has 3 rings (SSSR count). The molecule has 0 aliphatic carbocycles. The van der Waals surface area contributed by atoms with Gasteiger partial charge in [-0.05, 0) is 25.0 Å². The van der Waals surface area contributed by atoms with Crippen molar-refractivity contribution >= 4 is 23.4 Å². The molecule has 0 aliphatic heterocycles. The van der Waals surface area contributed by atoms with Gasteiger partial charge in [0.25, 0.3) is 11.5 Å². The number of rotatable bonds is 10. The molecule has 13 heteroatoms. The van der Waals surface area contributed by atoms with Crippen LogP contribution in [0.1, 0.15) is 30.0 Å². The Balaban J connectivity index is 1.84. The van der Waals surface area contributed by atoms with Crippen LogP contribution in [-0.2, 0) is 20.8 Å². The summed E-state index contributed by atoms with van der Waals surface area (Å²) in [4.78, 5) is 55.2. The molecule has 2 heterocycles. The molecule has 13 nitrogen and oxygen atoms in total. The largest absolute Gasteiger partial charge is 0.451 e. The maximum absolute atomic E-state index is 13.1. The van der Waals surface area contributed by atoms with E-state index in [4.69, 9.17) is 15.2 Å². The number of esters is 1. The van der Waals surface area contributed by atoms with E-state index in [9.17, 15) is 19.2 Å². The summed E-state index contributed by atoms with van der Waals surface area (Å²) in [6, 6.07) is 8.98. The lowest BCUT2D eigenvalue weighted by molar-refractivity contribution is -0.121. The lowest BCUT2D eigenvalue weighted by atomic mass is 10.2. The molecule has 0 bridgehead atoms. The summed E-state index contributed by atoms with van der Waals surface area (Å²) in [7, 11) is 1.43. The number of anilines is 2. The Morgan fingerprint density at radius 1 is 1.17 bits per heavy atom. The van der Waals surface area contributed by atoms with Crippen molar-refractivity contribution in [1.82, 2.24) is 24.5 Å². The fourth-order valence-corrected chi connectivity index (χ4v) is 3.45. The molecular formula is C23H29N7O6. The van der Waals surface area contributed by atoms with E-state index in [2.05, 4.69) is 15.2 Å². The molecule has 0 radical (unpaired) electrons. The van der Waals surface area contributed by atoms with E-state index in [0.29, 0.717) is 11.4 Å². The number of nitrogens with zero attached hydrogens (tertiary/aromatic N) is 5. The average Bonchev–Trinajstić information content (AvgIpc) is 3.24. The van der Waals surface area contributed by atoms with Crippen molar-refractivity contribution in [3.05, 3.63) is 62.6 Å². The van der Waals surface area contributed by atoms with Crippen LogP contribution in [0, 0.1) is 12.8 Å². The third-order valence-corrected chi connectivity index (χ3v) is 5.14. The van der Waals surface area contributed by atoms with Gasteiger partial charge < -0.3 is 15.2 Å². The maximum atomic E-state index is 13.1. The number of hydrogen-bond donors (Lipinski definition) is 2. The number of amides is 1. The standard InChI is InChI=1S/C23H29N7O6/c1-14(2)12-29-20(24)19(21(32)25-23(29)34)28(10-11-35-4)17(31)13-36-22(33)18-15(3)26-30(27-18)16-8-6-5-7-9-16/h5-9,14H,10-13,24H2,1-4H3,(H,25,32,34). The summed E-state index contributed by atoms with van der Waals surface area (Å²) in [5.41, 5.74) is 5.31. The zero-order valence-corrected chi connectivity index (χ0v) is 20.6. The van der Waals surface area contributed by atoms with Gasteiger partial charge in [-0.15, -0.1) is 5.10 Å². The Morgan fingerprint density at radius 2 is 1.86 bits per heavy atom. The number of para-hydroxylation sites is 1. The number of nitrogen functional groups attached to an aromatic ring is 1. The molecule has 3 aromatic rings. The fourth-order valence-electron chi connectivity index (χ4n) is 3.45. The Kier molecular flexibility index (Phi) is 8.38. The molecule has 1 aromatic carbocycles. The molecule has 0 fully saturated rings. The van der Waals surface area contributed by atoms with Crippen molar-refractivity contribution in [2.24, 2.45) is 5.92 Å². The van der Waals surface area contributed by atoms with Crippen molar-refractivity contribution in [1.29, 1.82) is 0 Å². The van der Waals surface area contributed by atoms with E-state index in [1.54, 1.807) is 31.2 Å². The van der Waals surface area contributed by atoms with E-state index in [0.717, 1.165) is 4.90 Å². The number of benzene rings is 1. The number of aromatic amines is 1. The summed E-state index contributed by atoms with van der Waals surface area (Å²) in [5, 5.41) is 8.38. The van der Waals surface area contributed by atoms with E-state index >= 15 is 0 Å². The van der Waals surface area contributed by atoms with E-state index in [1.165, 1.54) is 16.5 Å². The zero-order valence-electron chi connectivity index (χ0n) is 20.6. The number of hydrogen-bond acceptors (Lipinski definition) is 9. The van der Waals surface area contributed by atoms with Crippen molar-refractivity contribution < 1.29 is 19.1 Å². The van der Waals surface area contributed by atoms with Crippen LogP contribution < -0.4 is 21.9 Å². The molecule has 0 saturated carbocycles. The summed E-state index contributed by atoms with van der Waals surface area (Å²) in [5.74, 6) is -1.72. The van der Waals surface area contributed by atoms with Crippen LogP contribution >= 0.6 is 0 Å². The van der Waals surface area contributed by atoms with Gasteiger partial charge in [-0.3, -0.25) is 24.0 Å². The third-order valence-electron chi connectivity index (χ3n) is 5.14. The predicted octanol–water partition coefficient (Wildman–Crippen LogP) is 0.500. The van der Waals surface area contributed by atoms with Crippen molar-refractivity contribution in [2.75, 3.05) is 37.5 Å². The Labute approximate surface area is 206 Å². The van der Waals surface area contributed by atoms with Gasteiger partial charge in [0, 0.05) is 20.2 Å². The lowest BCUT2D eigenvalue weighted by Crippen LogP contribution is -2.44. The van der Waals surface area contributed by atoms with E-state index in [1.807, 2.05) is 19.9 Å². The monoisotopic (exact) mass is 499 g/mol. The second-order valence-corrected chi connectivity index (χ2v) is 8.37. The summed E-state index contributed by atoms with van der Waals surface area (Å²) in [6.07, 6.45) is 0. The number of aromatic nitrogens is 5. The van der Waals surface area contributed by atoms with Crippen molar-refractivity contribution in [3.8, 4) is 5.69 Å².